The molecule has 0 fully saturated rings. The molecule has 0 spiro atoms. The number of halogens is 1. The van der Waals surface area contributed by atoms with Crippen LogP contribution in [0.5, 0.6) is 0 Å². The van der Waals surface area contributed by atoms with Crippen molar-refractivity contribution in [3.05, 3.63) is 42.0 Å². The molecule has 2 heterocycles. The maximum atomic E-state index is 14.1. The number of aromatic nitrogens is 2. The fourth-order valence-corrected chi connectivity index (χ4v) is 1.73. The molecule has 0 aliphatic heterocycles. The van der Waals surface area contributed by atoms with Gasteiger partial charge >= 0.3 is 0 Å². The van der Waals surface area contributed by atoms with Crippen LogP contribution in [0.2, 0.25) is 0 Å². The predicted molar refractivity (Wildman–Crippen MR) is 59.1 cm³/mol. The van der Waals surface area contributed by atoms with Crippen LogP contribution in [0.1, 0.15) is 10.6 Å². The van der Waals surface area contributed by atoms with E-state index in [4.69, 9.17) is 4.42 Å². The van der Waals surface area contributed by atoms with Gasteiger partial charge in [0.05, 0.1) is 22.7 Å². The Bertz CT molecular complexity index is 699. The van der Waals surface area contributed by atoms with Crippen molar-refractivity contribution in [3.8, 4) is 11.3 Å². The number of carbonyl (C=O) groups is 1. The standard InChI is InChI=1S/C12H7FN2O2/c13-12-8(11-4-1-7(6-16)17-11)2-3-10-9(12)5-14-15-10/h1-6H,(H,14,15). The first-order chi connectivity index (χ1) is 8.29. The summed E-state index contributed by atoms with van der Waals surface area (Å²) in [5.74, 6) is 0.0856. The average molecular weight is 230 g/mol. The first kappa shape index (κ1) is 9.77. The molecule has 0 amide bonds. The highest BCUT2D eigenvalue weighted by molar-refractivity contribution is 5.84. The number of fused-ring (bicyclic) bond motifs is 1. The minimum atomic E-state index is -0.414. The smallest absolute Gasteiger partial charge is 0.185 e. The normalized spacial score (nSPS) is 10.9. The molecule has 84 valence electrons. The highest BCUT2D eigenvalue weighted by Crippen LogP contribution is 2.28. The Labute approximate surface area is 95.1 Å². The van der Waals surface area contributed by atoms with Crippen molar-refractivity contribution >= 4 is 17.2 Å². The largest absolute Gasteiger partial charge is 0.453 e. The van der Waals surface area contributed by atoms with Gasteiger partial charge in [-0.15, -0.1) is 0 Å². The van der Waals surface area contributed by atoms with Gasteiger partial charge in [0.25, 0.3) is 0 Å². The van der Waals surface area contributed by atoms with Gasteiger partial charge in [-0.25, -0.2) is 4.39 Å². The molecular weight excluding hydrogens is 223 g/mol. The molecule has 0 saturated heterocycles. The quantitative estimate of drug-likeness (QED) is 0.688. The number of nitrogens with zero attached hydrogens (tertiary/aromatic N) is 1. The van der Waals surface area contributed by atoms with Gasteiger partial charge in [-0.1, -0.05) is 0 Å². The van der Waals surface area contributed by atoms with Gasteiger partial charge in [0, 0.05) is 0 Å². The number of carbonyl (C=O) groups excluding carboxylic acids is 1. The number of aldehydes is 1. The number of benzene rings is 1. The van der Waals surface area contributed by atoms with E-state index >= 15 is 0 Å². The molecule has 4 nitrogen and oxygen atoms in total. The summed E-state index contributed by atoms with van der Waals surface area (Å²) in [5.41, 5.74) is 0.931. The van der Waals surface area contributed by atoms with E-state index in [0.717, 1.165) is 0 Å². The minimum absolute atomic E-state index is 0.173. The first-order valence-electron chi connectivity index (χ1n) is 4.96. The number of nitrogens with one attached hydrogen (secondary N) is 1. The van der Waals surface area contributed by atoms with Crippen molar-refractivity contribution in [1.82, 2.24) is 10.2 Å². The average Bonchev–Trinajstić information content (AvgIpc) is 2.97. The second kappa shape index (κ2) is 3.55. The Morgan fingerprint density at radius 2 is 2.18 bits per heavy atom. The van der Waals surface area contributed by atoms with Crippen LogP contribution in [0.4, 0.5) is 4.39 Å². The Balaban J connectivity index is 2.22. The number of hydrogen-bond donors (Lipinski definition) is 1. The van der Waals surface area contributed by atoms with Crippen LogP contribution < -0.4 is 0 Å². The van der Waals surface area contributed by atoms with Crippen molar-refractivity contribution in [1.29, 1.82) is 0 Å². The summed E-state index contributed by atoms with van der Waals surface area (Å²) in [7, 11) is 0. The van der Waals surface area contributed by atoms with E-state index in [0.29, 0.717) is 28.5 Å². The third kappa shape index (κ3) is 1.44. The summed E-state index contributed by atoms with van der Waals surface area (Å²) >= 11 is 0. The van der Waals surface area contributed by atoms with Crippen molar-refractivity contribution in [2.24, 2.45) is 0 Å². The van der Waals surface area contributed by atoms with Gasteiger partial charge < -0.3 is 4.42 Å². The van der Waals surface area contributed by atoms with Gasteiger partial charge in [0.2, 0.25) is 0 Å². The zero-order valence-electron chi connectivity index (χ0n) is 8.61. The number of H-pyrrole nitrogens is 1. The van der Waals surface area contributed by atoms with Crippen molar-refractivity contribution in [2.75, 3.05) is 0 Å². The SMILES string of the molecule is O=Cc1ccc(-c2ccc3[nH]ncc3c2F)o1. The molecule has 0 radical (unpaired) electrons. The zero-order valence-corrected chi connectivity index (χ0v) is 8.61. The molecule has 0 saturated carbocycles. The fourth-order valence-electron chi connectivity index (χ4n) is 1.73. The highest BCUT2D eigenvalue weighted by atomic mass is 19.1. The lowest BCUT2D eigenvalue weighted by molar-refractivity contribution is 0.110. The maximum absolute atomic E-state index is 14.1. The van der Waals surface area contributed by atoms with E-state index in [1.165, 1.54) is 12.3 Å². The van der Waals surface area contributed by atoms with E-state index in [1.54, 1.807) is 18.2 Å². The van der Waals surface area contributed by atoms with Crippen molar-refractivity contribution in [2.45, 2.75) is 0 Å². The van der Waals surface area contributed by atoms with Crippen molar-refractivity contribution in [3.63, 3.8) is 0 Å². The number of aromatic amines is 1. The first-order valence-corrected chi connectivity index (χ1v) is 4.96. The van der Waals surface area contributed by atoms with Crippen LogP contribution in [0.25, 0.3) is 22.2 Å². The lowest BCUT2D eigenvalue weighted by atomic mass is 10.1. The maximum Gasteiger partial charge on any atom is 0.185 e. The predicted octanol–water partition coefficient (Wildman–Crippen LogP) is 2.77. The Morgan fingerprint density at radius 3 is 2.94 bits per heavy atom. The van der Waals surface area contributed by atoms with Crippen molar-refractivity contribution < 1.29 is 13.6 Å². The molecule has 17 heavy (non-hydrogen) atoms. The summed E-state index contributed by atoms with van der Waals surface area (Å²) in [6.07, 6.45) is 2.00. The van der Waals surface area contributed by atoms with Crippen LogP contribution in [0, 0.1) is 5.82 Å². The molecule has 0 bridgehead atoms. The Hall–Kier alpha value is -2.43. The van der Waals surface area contributed by atoms with Gasteiger partial charge in [-0.05, 0) is 24.3 Å². The molecule has 0 atom stereocenters. The Morgan fingerprint density at radius 1 is 1.29 bits per heavy atom. The monoisotopic (exact) mass is 230 g/mol. The molecule has 1 N–H and O–H groups in total. The number of hydrogen-bond acceptors (Lipinski definition) is 3. The van der Waals surface area contributed by atoms with E-state index in [9.17, 15) is 9.18 Å². The van der Waals surface area contributed by atoms with E-state index < -0.39 is 5.82 Å². The molecule has 2 aromatic heterocycles. The van der Waals surface area contributed by atoms with Crippen LogP contribution in [-0.2, 0) is 0 Å². The van der Waals surface area contributed by atoms with Gasteiger partial charge in [0.1, 0.15) is 11.6 Å². The summed E-state index contributed by atoms with van der Waals surface area (Å²) in [4.78, 5) is 10.5. The molecule has 0 unspecified atom stereocenters. The number of furan rings is 1. The van der Waals surface area contributed by atoms with Gasteiger partial charge in [-0.3, -0.25) is 9.89 Å². The molecule has 0 aliphatic rings. The minimum Gasteiger partial charge on any atom is -0.453 e. The van der Waals surface area contributed by atoms with E-state index in [1.807, 2.05) is 0 Å². The summed E-state index contributed by atoms with van der Waals surface area (Å²) < 4.78 is 19.3. The highest BCUT2D eigenvalue weighted by Gasteiger charge is 2.13. The Kier molecular flexibility index (Phi) is 2.04. The van der Waals surface area contributed by atoms with Gasteiger partial charge in [0.15, 0.2) is 12.0 Å². The molecule has 0 aliphatic carbocycles. The lowest BCUT2D eigenvalue weighted by Crippen LogP contribution is -1.83. The molecule has 1 aromatic carbocycles. The summed E-state index contributed by atoms with van der Waals surface area (Å²) in [6, 6.07) is 6.36. The van der Waals surface area contributed by atoms with E-state index in [-0.39, 0.29) is 5.76 Å². The molecule has 3 aromatic rings. The zero-order chi connectivity index (χ0) is 11.8. The van der Waals surface area contributed by atoms with Crippen LogP contribution >= 0.6 is 0 Å². The van der Waals surface area contributed by atoms with Crippen LogP contribution in [0.3, 0.4) is 0 Å². The lowest BCUT2D eigenvalue weighted by Gasteiger charge is -1.99. The summed E-state index contributed by atoms with van der Waals surface area (Å²) in [6.45, 7) is 0. The third-order valence-corrected chi connectivity index (χ3v) is 2.57. The van der Waals surface area contributed by atoms with Gasteiger partial charge in [-0.2, -0.15) is 5.10 Å². The van der Waals surface area contributed by atoms with Crippen LogP contribution in [-0.4, -0.2) is 16.5 Å². The van der Waals surface area contributed by atoms with Crippen LogP contribution in [0.15, 0.2) is 34.9 Å². The van der Waals surface area contributed by atoms with E-state index in [2.05, 4.69) is 10.2 Å². The summed E-state index contributed by atoms with van der Waals surface area (Å²) in [5, 5.41) is 6.84. The molecular formula is C12H7FN2O2. The fraction of sp³-hybridized carbons (Fsp3) is 0. The molecule has 3 rings (SSSR count). The second-order valence-electron chi connectivity index (χ2n) is 3.58. The number of rotatable bonds is 2. The second-order valence-corrected chi connectivity index (χ2v) is 3.58. The topological polar surface area (TPSA) is 58.9 Å². The third-order valence-electron chi connectivity index (χ3n) is 2.57. The molecule has 5 heteroatoms.